The molecule has 0 radical (unpaired) electrons. The molecule has 21 heavy (non-hydrogen) atoms. The quantitative estimate of drug-likeness (QED) is 0.878. The maximum atomic E-state index is 3.85. The molecule has 1 N–H and O–H groups in total. The van der Waals surface area contributed by atoms with Crippen molar-refractivity contribution in [2.24, 2.45) is 5.92 Å². The van der Waals surface area contributed by atoms with E-state index in [1.807, 2.05) is 0 Å². The van der Waals surface area contributed by atoms with E-state index in [9.17, 15) is 0 Å². The fraction of sp³-hybridized carbons (Fsp3) is 0.684. The zero-order chi connectivity index (χ0) is 15.4. The number of aryl methyl sites for hydroxylation is 2. The van der Waals surface area contributed by atoms with E-state index in [-0.39, 0.29) is 0 Å². The van der Waals surface area contributed by atoms with Crippen molar-refractivity contribution in [3.8, 4) is 0 Å². The summed E-state index contributed by atoms with van der Waals surface area (Å²) in [5.41, 5.74) is 4.22. The van der Waals surface area contributed by atoms with Crippen LogP contribution < -0.4 is 5.32 Å². The Bertz CT molecular complexity index is 445. The maximum absolute atomic E-state index is 3.85. The number of likely N-dealkylation sites (tertiary alicyclic amines) is 1. The van der Waals surface area contributed by atoms with Crippen LogP contribution in [0.25, 0.3) is 0 Å². The molecular weight excluding hydrogens is 256 g/mol. The summed E-state index contributed by atoms with van der Waals surface area (Å²) in [5.74, 6) is 0.781. The Morgan fingerprint density at radius 2 is 1.81 bits per heavy atom. The summed E-state index contributed by atoms with van der Waals surface area (Å²) < 4.78 is 0. The van der Waals surface area contributed by atoms with E-state index in [2.05, 4.69) is 63.0 Å². The second-order valence-electron chi connectivity index (χ2n) is 7.22. The summed E-state index contributed by atoms with van der Waals surface area (Å²) in [6.45, 7) is 15.1. The number of piperidine rings is 1. The maximum Gasteiger partial charge on any atom is 0.0297 e. The standard InChI is InChI=1S/C19H32N2/c1-14(2)13-21-10-8-18(9-11-21)20-17(5)19-12-15(3)6-7-16(19)4/h6-7,12,14,17-18,20H,8-11,13H2,1-5H3. The largest absolute Gasteiger partial charge is 0.307 e. The highest BCUT2D eigenvalue weighted by Gasteiger charge is 2.21. The summed E-state index contributed by atoms with van der Waals surface area (Å²) in [7, 11) is 0. The van der Waals surface area contributed by atoms with Gasteiger partial charge in [0.05, 0.1) is 0 Å². The first-order chi connectivity index (χ1) is 9.95. The Hall–Kier alpha value is -0.860. The Morgan fingerprint density at radius 1 is 1.14 bits per heavy atom. The molecule has 118 valence electrons. The van der Waals surface area contributed by atoms with Crippen molar-refractivity contribution in [2.45, 2.75) is 59.5 Å². The second-order valence-corrected chi connectivity index (χ2v) is 7.22. The number of rotatable bonds is 5. The number of hydrogen-bond donors (Lipinski definition) is 1. The molecule has 1 aromatic rings. The van der Waals surface area contributed by atoms with E-state index in [1.165, 1.54) is 49.2 Å². The van der Waals surface area contributed by atoms with Crippen molar-refractivity contribution >= 4 is 0 Å². The van der Waals surface area contributed by atoms with Crippen LogP contribution in [0.1, 0.15) is 56.3 Å². The van der Waals surface area contributed by atoms with Crippen molar-refractivity contribution in [2.75, 3.05) is 19.6 Å². The molecule has 1 fully saturated rings. The van der Waals surface area contributed by atoms with E-state index in [1.54, 1.807) is 0 Å². The van der Waals surface area contributed by atoms with Gasteiger partial charge in [0.2, 0.25) is 0 Å². The third-order valence-corrected chi connectivity index (χ3v) is 4.60. The lowest BCUT2D eigenvalue weighted by Crippen LogP contribution is -2.44. The van der Waals surface area contributed by atoms with Crippen molar-refractivity contribution in [1.29, 1.82) is 0 Å². The van der Waals surface area contributed by atoms with Crippen LogP contribution in [-0.4, -0.2) is 30.6 Å². The summed E-state index contributed by atoms with van der Waals surface area (Å²) >= 11 is 0. The first-order valence-electron chi connectivity index (χ1n) is 8.51. The molecule has 0 spiro atoms. The molecule has 1 atom stereocenters. The summed E-state index contributed by atoms with van der Waals surface area (Å²) in [6.07, 6.45) is 2.56. The molecular formula is C19H32N2. The Morgan fingerprint density at radius 3 is 2.43 bits per heavy atom. The van der Waals surface area contributed by atoms with E-state index in [0.717, 1.165) is 5.92 Å². The predicted molar refractivity (Wildman–Crippen MR) is 91.8 cm³/mol. The third kappa shape index (κ3) is 4.82. The summed E-state index contributed by atoms with van der Waals surface area (Å²) in [6, 6.07) is 7.90. The number of nitrogens with one attached hydrogen (secondary N) is 1. The van der Waals surface area contributed by atoms with Crippen molar-refractivity contribution in [1.82, 2.24) is 10.2 Å². The Labute approximate surface area is 130 Å². The predicted octanol–water partition coefficient (Wildman–Crippen LogP) is 4.07. The van der Waals surface area contributed by atoms with Gasteiger partial charge in [0, 0.05) is 18.6 Å². The van der Waals surface area contributed by atoms with Gasteiger partial charge in [-0.1, -0.05) is 37.6 Å². The van der Waals surface area contributed by atoms with Gasteiger partial charge in [-0.05, 0) is 63.7 Å². The van der Waals surface area contributed by atoms with Gasteiger partial charge in [0.25, 0.3) is 0 Å². The smallest absolute Gasteiger partial charge is 0.0297 e. The Balaban J connectivity index is 1.87. The molecule has 0 saturated carbocycles. The molecule has 1 unspecified atom stereocenters. The molecule has 1 heterocycles. The highest BCUT2D eigenvalue weighted by Crippen LogP contribution is 2.21. The summed E-state index contributed by atoms with van der Waals surface area (Å²) in [4.78, 5) is 2.62. The van der Waals surface area contributed by atoms with Crippen molar-refractivity contribution < 1.29 is 0 Å². The topological polar surface area (TPSA) is 15.3 Å². The van der Waals surface area contributed by atoms with E-state index in [4.69, 9.17) is 0 Å². The molecule has 2 heteroatoms. The van der Waals surface area contributed by atoms with Crippen LogP contribution in [0, 0.1) is 19.8 Å². The first-order valence-corrected chi connectivity index (χ1v) is 8.51. The van der Waals surface area contributed by atoms with Crippen LogP contribution >= 0.6 is 0 Å². The van der Waals surface area contributed by atoms with Gasteiger partial charge in [-0.25, -0.2) is 0 Å². The van der Waals surface area contributed by atoms with Crippen molar-refractivity contribution in [3.05, 3.63) is 34.9 Å². The molecule has 2 nitrogen and oxygen atoms in total. The number of benzene rings is 1. The lowest BCUT2D eigenvalue weighted by atomic mass is 9.97. The van der Waals surface area contributed by atoms with Crippen LogP contribution in [0.3, 0.4) is 0 Å². The molecule has 1 aliphatic rings. The minimum atomic E-state index is 0.451. The highest BCUT2D eigenvalue weighted by atomic mass is 15.1. The SMILES string of the molecule is Cc1ccc(C)c(C(C)NC2CCN(CC(C)C)CC2)c1. The highest BCUT2D eigenvalue weighted by molar-refractivity contribution is 5.32. The fourth-order valence-corrected chi connectivity index (χ4v) is 3.47. The lowest BCUT2D eigenvalue weighted by Gasteiger charge is -2.35. The van der Waals surface area contributed by atoms with Gasteiger partial charge in [0.1, 0.15) is 0 Å². The molecule has 0 amide bonds. The van der Waals surface area contributed by atoms with Crippen LogP contribution in [-0.2, 0) is 0 Å². The van der Waals surface area contributed by atoms with Gasteiger partial charge in [-0.3, -0.25) is 0 Å². The second kappa shape index (κ2) is 7.42. The third-order valence-electron chi connectivity index (χ3n) is 4.60. The van der Waals surface area contributed by atoms with E-state index in [0.29, 0.717) is 12.1 Å². The molecule has 1 aliphatic heterocycles. The van der Waals surface area contributed by atoms with Crippen LogP contribution in [0.4, 0.5) is 0 Å². The molecule has 0 aromatic heterocycles. The monoisotopic (exact) mass is 288 g/mol. The van der Waals surface area contributed by atoms with Crippen LogP contribution in [0.2, 0.25) is 0 Å². The van der Waals surface area contributed by atoms with Gasteiger partial charge in [0.15, 0.2) is 0 Å². The zero-order valence-corrected chi connectivity index (χ0v) is 14.4. The van der Waals surface area contributed by atoms with E-state index >= 15 is 0 Å². The van der Waals surface area contributed by atoms with Crippen LogP contribution in [0.15, 0.2) is 18.2 Å². The molecule has 1 saturated heterocycles. The minimum absolute atomic E-state index is 0.451. The fourth-order valence-electron chi connectivity index (χ4n) is 3.47. The average Bonchev–Trinajstić information content (AvgIpc) is 2.43. The van der Waals surface area contributed by atoms with Gasteiger partial charge < -0.3 is 10.2 Å². The molecule has 1 aromatic carbocycles. The van der Waals surface area contributed by atoms with Crippen molar-refractivity contribution in [3.63, 3.8) is 0 Å². The van der Waals surface area contributed by atoms with Gasteiger partial charge >= 0.3 is 0 Å². The average molecular weight is 288 g/mol. The lowest BCUT2D eigenvalue weighted by molar-refractivity contribution is 0.175. The summed E-state index contributed by atoms with van der Waals surface area (Å²) in [5, 5.41) is 3.85. The molecule has 2 rings (SSSR count). The van der Waals surface area contributed by atoms with Gasteiger partial charge in [-0.2, -0.15) is 0 Å². The number of hydrogen-bond acceptors (Lipinski definition) is 2. The molecule has 0 bridgehead atoms. The van der Waals surface area contributed by atoms with E-state index < -0.39 is 0 Å². The Kier molecular flexibility index (Phi) is 5.83. The van der Waals surface area contributed by atoms with Crippen LogP contribution in [0.5, 0.6) is 0 Å². The molecule has 0 aliphatic carbocycles. The first kappa shape index (κ1) is 16.5. The number of nitrogens with zero attached hydrogens (tertiary/aromatic N) is 1. The minimum Gasteiger partial charge on any atom is -0.307 e. The van der Waals surface area contributed by atoms with Gasteiger partial charge in [-0.15, -0.1) is 0 Å². The zero-order valence-electron chi connectivity index (χ0n) is 14.4. The normalized spacial score (nSPS) is 19.1.